The third kappa shape index (κ3) is 3.78. The molecule has 0 saturated heterocycles. The summed E-state index contributed by atoms with van der Waals surface area (Å²) in [6.07, 6.45) is -3.38. The molecular formula is C10H8F3NO3. The van der Waals surface area contributed by atoms with Gasteiger partial charge in [0.15, 0.2) is 0 Å². The van der Waals surface area contributed by atoms with Gasteiger partial charge in [-0.05, 0) is 18.1 Å². The molecule has 0 bridgehead atoms. The lowest BCUT2D eigenvalue weighted by molar-refractivity contribution is -0.385. The highest BCUT2D eigenvalue weighted by Gasteiger charge is 2.32. The van der Waals surface area contributed by atoms with E-state index in [1.165, 1.54) is 12.1 Å². The summed E-state index contributed by atoms with van der Waals surface area (Å²) in [4.78, 5) is 9.65. The minimum absolute atomic E-state index is 0.128. The molecule has 0 aliphatic carbocycles. The van der Waals surface area contributed by atoms with Crippen molar-refractivity contribution in [2.24, 2.45) is 0 Å². The molecule has 7 heteroatoms. The van der Waals surface area contributed by atoms with Gasteiger partial charge in [0.25, 0.3) is 5.69 Å². The summed E-state index contributed by atoms with van der Waals surface area (Å²) < 4.78 is 40.0. The Balaban J connectivity index is 3.15. The lowest BCUT2D eigenvalue weighted by atomic mass is 10.1. The van der Waals surface area contributed by atoms with Crippen LogP contribution in [0.1, 0.15) is 5.56 Å². The van der Waals surface area contributed by atoms with Gasteiger partial charge in [-0.3, -0.25) is 10.1 Å². The molecule has 0 radical (unpaired) electrons. The van der Waals surface area contributed by atoms with Gasteiger partial charge in [0.2, 0.25) is 0 Å². The summed E-state index contributed by atoms with van der Waals surface area (Å²) in [5.41, 5.74) is -0.278. The molecule has 17 heavy (non-hydrogen) atoms. The Bertz CT molecular complexity index is 443. The Morgan fingerprint density at radius 2 is 2.12 bits per heavy atom. The Labute approximate surface area is 94.5 Å². The second-order valence-corrected chi connectivity index (χ2v) is 3.09. The first-order valence-corrected chi connectivity index (χ1v) is 4.47. The Morgan fingerprint density at radius 1 is 1.47 bits per heavy atom. The van der Waals surface area contributed by atoms with E-state index in [0.717, 1.165) is 12.1 Å². The summed E-state index contributed by atoms with van der Waals surface area (Å²) in [7, 11) is 0. The van der Waals surface area contributed by atoms with Gasteiger partial charge in [-0.15, -0.1) is 19.8 Å². The molecule has 0 heterocycles. The van der Waals surface area contributed by atoms with Gasteiger partial charge < -0.3 is 4.74 Å². The maximum absolute atomic E-state index is 12.1. The molecule has 1 aromatic rings. The molecule has 0 spiro atoms. The molecule has 0 aliphatic heterocycles. The van der Waals surface area contributed by atoms with Gasteiger partial charge in [-0.25, -0.2) is 0 Å². The van der Waals surface area contributed by atoms with Crippen LogP contribution in [0.15, 0.2) is 30.9 Å². The lowest BCUT2D eigenvalue weighted by Crippen LogP contribution is -2.18. The largest absolute Gasteiger partial charge is 0.573 e. The van der Waals surface area contributed by atoms with Crippen molar-refractivity contribution in [3.05, 3.63) is 46.5 Å². The quantitative estimate of drug-likeness (QED) is 0.466. The molecule has 0 N–H and O–H groups in total. The molecule has 0 atom stereocenters. The molecule has 0 fully saturated rings. The zero-order valence-electron chi connectivity index (χ0n) is 8.53. The van der Waals surface area contributed by atoms with E-state index >= 15 is 0 Å². The van der Waals surface area contributed by atoms with Crippen LogP contribution in [0, 0.1) is 10.1 Å². The van der Waals surface area contributed by atoms with Crippen molar-refractivity contribution < 1.29 is 22.8 Å². The Kier molecular flexibility index (Phi) is 3.72. The number of nitro groups is 1. The second-order valence-electron chi connectivity index (χ2n) is 3.09. The number of hydrogen-bond acceptors (Lipinski definition) is 3. The van der Waals surface area contributed by atoms with Crippen molar-refractivity contribution in [3.63, 3.8) is 0 Å². The Morgan fingerprint density at radius 3 is 2.59 bits per heavy atom. The molecule has 0 saturated carbocycles. The monoisotopic (exact) mass is 247 g/mol. The molecule has 1 rings (SSSR count). The van der Waals surface area contributed by atoms with E-state index in [2.05, 4.69) is 11.3 Å². The van der Waals surface area contributed by atoms with Gasteiger partial charge in [-0.1, -0.05) is 6.08 Å². The summed E-state index contributed by atoms with van der Waals surface area (Å²) in [5, 5.41) is 10.4. The number of hydrogen-bond donors (Lipinski definition) is 0. The highest BCUT2D eigenvalue weighted by atomic mass is 19.4. The minimum Gasteiger partial charge on any atom is -0.405 e. The number of nitrogens with zero attached hydrogens (tertiary/aromatic N) is 1. The van der Waals surface area contributed by atoms with Crippen LogP contribution in [0.3, 0.4) is 0 Å². The van der Waals surface area contributed by atoms with E-state index in [0.29, 0.717) is 0 Å². The molecule has 0 aliphatic rings. The minimum atomic E-state index is -4.88. The second kappa shape index (κ2) is 4.86. The maximum atomic E-state index is 12.1. The first-order valence-electron chi connectivity index (χ1n) is 4.47. The number of allylic oxidation sites excluding steroid dienone is 1. The highest BCUT2D eigenvalue weighted by molar-refractivity contribution is 5.45. The van der Waals surface area contributed by atoms with Crippen molar-refractivity contribution in [2.45, 2.75) is 12.8 Å². The SMILES string of the molecule is C=CCc1ccc([N+](=O)[O-])cc1OC(F)(F)F. The number of ether oxygens (including phenoxy) is 1. The van der Waals surface area contributed by atoms with Gasteiger partial charge in [0.1, 0.15) is 5.75 Å². The van der Waals surface area contributed by atoms with E-state index in [4.69, 9.17) is 0 Å². The molecular weight excluding hydrogens is 239 g/mol. The van der Waals surface area contributed by atoms with Gasteiger partial charge in [-0.2, -0.15) is 0 Å². The Hall–Kier alpha value is -2.05. The average molecular weight is 247 g/mol. The standard InChI is InChI=1S/C10H8F3NO3/c1-2-3-7-4-5-8(14(15)16)6-9(7)17-10(11,12)13/h2,4-6H,1,3H2. The van der Waals surface area contributed by atoms with Crippen LogP contribution in [0.4, 0.5) is 18.9 Å². The van der Waals surface area contributed by atoms with E-state index in [9.17, 15) is 23.3 Å². The van der Waals surface area contributed by atoms with Crippen molar-refractivity contribution in [2.75, 3.05) is 0 Å². The van der Waals surface area contributed by atoms with Crippen molar-refractivity contribution in [1.29, 1.82) is 0 Å². The predicted octanol–water partition coefficient (Wildman–Crippen LogP) is 3.22. The fourth-order valence-electron chi connectivity index (χ4n) is 1.20. The van der Waals surface area contributed by atoms with Gasteiger partial charge in [0, 0.05) is 6.07 Å². The summed E-state index contributed by atoms with van der Waals surface area (Å²) in [5.74, 6) is -0.577. The van der Waals surface area contributed by atoms with Crippen LogP contribution in [0.25, 0.3) is 0 Å². The van der Waals surface area contributed by atoms with E-state index < -0.39 is 22.7 Å². The fourth-order valence-corrected chi connectivity index (χ4v) is 1.20. The van der Waals surface area contributed by atoms with Gasteiger partial charge >= 0.3 is 6.36 Å². The molecule has 4 nitrogen and oxygen atoms in total. The molecule has 0 unspecified atom stereocenters. The third-order valence-electron chi connectivity index (χ3n) is 1.85. The normalized spacial score (nSPS) is 11.0. The van der Waals surface area contributed by atoms with E-state index in [1.54, 1.807) is 0 Å². The maximum Gasteiger partial charge on any atom is 0.573 e. The van der Waals surface area contributed by atoms with Crippen LogP contribution in [-0.4, -0.2) is 11.3 Å². The number of nitro benzene ring substituents is 1. The van der Waals surface area contributed by atoms with Crippen LogP contribution >= 0.6 is 0 Å². The van der Waals surface area contributed by atoms with Crippen LogP contribution in [-0.2, 0) is 6.42 Å². The van der Waals surface area contributed by atoms with Crippen molar-refractivity contribution in [3.8, 4) is 5.75 Å². The smallest absolute Gasteiger partial charge is 0.405 e. The van der Waals surface area contributed by atoms with Crippen LogP contribution in [0.2, 0.25) is 0 Å². The fraction of sp³-hybridized carbons (Fsp3) is 0.200. The van der Waals surface area contributed by atoms with E-state index in [1.807, 2.05) is 0 Å². The topological polar surface area (TPSA) is 52.4 Å². The van der Waals surface area contributed by atoms with Crippen molar-refractivity contribution in [1.82, 2.24) is 0 Å². The third-order valence-corrected chi connectivity index (χ3v) is 1.85. The zero-order chi connectivity index (χ0) is 13.1. The first kappa shape index (κ1) is 13.0. The average Bonchev–Trinajstić information content (AvgIpc) is 2.18. The lowest BCUT2D eigenvalue weighted by Gasteiger charge is -2.12. The van der Waals surface area contributed by atoms with Crippen LogP contribution in [0.5, 0.6) is 5.75 Å². The summed E-state index contributed by atoms with van der Waals surface area (Å²) in [6, 6.07) is 3.06. The molecule has 92 valence electrons. The number of non-ortho nitro benzene ring substituents is 1. The number of halogens is 3. The van der Waals surface area contributed by atoms with Crippen molar-refractivity contribution >= 4 is 5.69 Å². The first-order chi connectivity index (χ1) is 7.83. The number of alkyl halides is 3. The summed E-state index contributed by atoms with van der Waals surface area (Å²) >= 11 is 0. The van der Waals surface area contributed by atoms with Crippen LogP contribution < -0.4 is 4.74 Å². The zero-order valence-corrected chi connectivity index (χ0v) is 8.53. The number of rotatable bonds is 4. The molecule has 0 aromatic heterocycles. The predicted molar refractivity (Wildman–Crippen MR) is 53.7 cm³/mol. The summed E-state index contributed by atoms with van der Waals surface area (Å²) in [6.45, 7) is 3.38. The highest BCUT2D eigenvalue weighted by Crippen LogP contribution is 2.30. The molecule has 0 amide bonds. The number of benzene rings is 1. The van der Waals surface area contributed by atoms with Gasteiger partial charge in [0.05, 0.1) is 11.0 Å². The molecule has 1 aromatic carbocycles. The van der Waals surface area contributed by atoms with E-state index in [-0.39, 0.29) is 12.0 Å².